The standard InChI is InChI=1S/C16H30N2O4.Na/c1-3-4-5-6-7-9-15(20)17-10-12-18(11-8-13-19)14(2)16(21)22;/h3,14,19H,1,4-13H2,2H3,(H,17,20)(H,21,22);/q;+1/p-1. The second kappa shape index (κ2) is 16.5. The molecule has 0 heterocycles. The van der Waals surface area contributed by atoms with Crippen LogP contribution >= 0.6 is 0 Å². The van der Waals surface area contributed by atoms with E-state index in [9.17, 15) is 9.90 Å². The van der Waals surface area contributed by atoms with Gasteiger partial charge in [0.15, 0.2) is 0 Å². The fourth-order valence-corrected chi connectivity index (χ4v) is 2.05. The zero-order chi connectivity index (χ0) is 16.8. The van der Waals surface area contributed by atoms with E-state index in [4.69, 9.17) is 10.2 Å². The first-order valence-corrected chi connectivity index (χ1v) is 7.91. The second-order valence-corrected chi connectivity index (χ2v) is 5.29. The average Bonchev–Trinajstić information content (AvgIpc) is 2.49. The average molecular weight is 336 g/mol. The van der Waals surface area contributed by atoms with E-state index in [0.29, 0.717) is 32.5 Å². The normalized spacial score (nSPS) is 12.7. The van der Waals surface area contributed by atoms with Crippen LogP contribution in [0.1, 0.15) is 45.4 Å². The van der Waals surface area contributed by atoms with Gasteiger partial charge in [-0.15, -0.1) is 6.58 Å². The van der Waals surface area contributed by atoms with Crippen molar-refractivity contribution in [2.45, 2.75) is 51.5 Å². The van der Waals surface area contributed by atoms with Crippen molar-refractivity contribution in [1.82, 2.24) is 4.90 Å². The fraction of sp³-hybridized carbons (Fsp3) is 0.750. The van der Waals surface area contributed by atoms with Crippen LogP contribution in [0.15, 0.2) is 17.6 Å². The molecular weight excluding hydrogens is 307 g/mol. The van der Waals surface area contributed by atoms with E-state index in [0.717, 1.165) is 25.7 Å². The maximum Gasteiger partial charge on any atom is 1.00 e. The molecule has 128 valence electrons. The van der Waals surface area contributed by atoms with Crippen LogP contribution in [0.25, 0.3) is 0 Å². The number of allylic oxidation sites excluding steroid dienone is 1. The van der Waals surface area contributed by atoms with Gasteiger partial charge in [-0.25, -0.2) is 0 Å². The third-order valence-corrected chi connectivity index (χ3v) is 3.48. The van der Waals surface area contributed by atoms with Crippen molar-refractivity contribution < 1.29 is 49.7 Å². The van der Waals surface area contributed by atoms with Crippen molar-refractivity contribution in [1.29, 1.82) is 0 Å². The zero-order valence-corrected chi connectivity index (χ0v) is 16.5. The molecule has 7 heteroatoms. The molecule has 0 bridgehead atoms. The first-order valence-electron chi connectivity index (χ1n) is 7.91. The molecule has 23 heavy (non-hydrogen) atoms. The number of carboxylic acid groups (broad SMARTS) is 1. The Morgan fingerprint density at radius 2 is 2.00 bits per heavy atom. The maximum atomic E-state index is 11.6. The van der Waals surface area contributed by atoms with Crippen LogP contribution in [0.3, 0.4) is 0 Å². The smallest absolute Gasteiger partial charge is 0.862 e. The summed E-state index contributed by atoms with van der Waals surface area (Å²) in [6, 6.07) is -0.643. The predicted molar refractivity (Wildman–Crippen MR) is 86.0 cm³/mol. The number of carboxylic acids is 1. The summed E-state index contributed by atoms with van der Waals surface area (Å²) in [6.45, 7) is 6.46. The SMILES string of the molecule is C=CCCCCCC([O-])=NCCN(CCCO)C(C)C(=O)O.[Na+]. The number of hydrogen-bond donors (Lipinski definition) is 2. The van der Waals surface area contributed by atoms with Crippen LogP contribution in [0.2, 0.25) is 0 Å². The summed E-state index contributed by atoms with van der Waals surface area (Å²) in [5.41, 5.74) is 0. The fourth-order valence-electron chi connectivity index (χ4n) is 2.05. The summed E-state index contributed by atoms with van der Waals surface area (Å²) in [4.78, 5) is 16.7. The monoisotopic (exact) mass is 336 g/mol. The number of aliphatic hydroxyl groups is 1. The van der Waals surface area contributed by atoms with Gasteiger partial charge in [0, 0.05) is 19.7 Å². The third kappa shape index (κ3) is 13.7. The maximum absolute atomic E-state index is 11.6. The molecule has 1 atom stereocenters. The number of aliphatic hydroxyl groups excluding tert-OH is 1. The Bertz CT molecular complexity index is 351. The molecule has 0 aromatic carbocycles. The van der Waals surface area contributed by atoms with Gasteiger partial charge in [0.25, 0.3) is 0 Å². The molecule has 2 N–H and O–H groups in total. The second-order valence-electron chi connectivity index (χ2n) is 5.29. The molecule has 6 nitrogen and oxygen atoms in total. The Hall–Kier alpha value is -0.400. The van der Waals surface area contributed by atoms with Crippen molar-refractivity contribution in [3.05, 3.63) is 12.7 Å². The van der Waals surface area contributed by atoms with E-state index in [1.165, 1.54) is 0 Å². The van der Waals surface area contributed by atoms with Gasteiger partial charge in [-0.1, -0.05) is 12.5 Å². The molecule has 0 radical (unpaired) electrons. The van der Waals surface area contributed by atoms with Crippen LogP contribution < -0.4 is 34.7 Å². The van der Waals surface area contributed by atoms with Crippen LogP contribution in [-0.2, 0) is 4.79 Å². The number of aliphatic carboxylic acids is 1. The molecule has 0 aromatic rings. The Morgan fingerprint density at radius 3 is 2.57 bits per heavy atom. The largest absolute Gasteiger partial charge is 1.00 e. The van der Waals surface area contributed by atoms with Crippen molar-refractivity contribution in [3.8, 4) is 0 Å². The van der Waals surface area contributed by atoms with Crippen molar-refractivity contribution in [2.75, 3.05) is 26.2 Å². The summed E-state index contributed by atoms with van der Waals surface area (Å²) >= 11 is 0. The van der Waals surface area contributed by atoms with E-state index in [1.807, 2.05) is 6.08 Å². The van der Waals surface area contributed by atoms with Gasteiger partial charge >= 0.3 is 35.5 Å². The molecule has 1 unspecified atom stereocenters. The molecule has 0 aliphatic heterocycles. The molecule has 0 aliphatic carbocycles. The predicted octanol–water partition coefficient (Wildman–Crippen LogP) is -1.96. The number of carbonyl (C=O) groups is 1. The van der Waals surface area contributed by atoms with E-state index >= 15 is 0 Å². The minimum atomic E-state index is -0.911. The van der Waals surface area contributed by atoms with Crippen LogP contribution in [0.4, 0.5) is 0 Å². The van der Waals surface area contributed by atoms with Gasteiger partial charge in [0.1, 0.15) is 6.04 Å². The number of rotatable bonds is 14. The number of hydrogen-bond acceptors (Lipinski definition) is 5. The number of aliphatic imine (C=N–C) groups is 1. The topological polar surface area (TPSA) is 96.2 Å². The van der Waals surface area contributed by atoms with E-state index in [-0.39, 0.29) is 42.1 Å². The molecule has 0 rings (SSSR count). The quantitative estimate of drug-likeness (QED) is 0.126. The minimum Gasteiger partial charge on any atom is -0.862 e. The van der Waals surface area contributed by atoms with Gasteiger partial charge in [-0.2, -0.15) is 0 Å². The van der Waals surface area contributed by atoms with Gasteiger partial charge in [-0.05, 0) is 44.9 Å². The van der Waals surface area contributed by atoms with Crippen molar-refractivity contribution >= 4 is 11.9 Å². The van der Waals surface area contributed by atoms with Crippen molar-refractivity contribution in [2.24, 2.45) is 4.99 Å². The van der Waals surface area contributed by atoms with E-state index in [2.05, 4.69) is 11.6 Å². The molecule has 0 aliphatic rings. The van der Waals surface area contributed by atoms with Crippen LogP contribution in [-0.4, -0.2) is 59.3 Å². The summed E-state index contributed by atoms with van der Waals surface area (Å²) < 4.78 is 0. The van der Waals surface area contributed by atoms with Crippen molar-refractivity contribution in [3.63, 3.8) is 0 Å². The summed E-state index contributed by atoms with van der Waals surface area (Å²) in [6.07, 6.45) is 6.66. The van der Waals surface area contributed by atoms with E-state index in [1.54, 1.807) is 11.8 Å². The molecule has 0 aromatic heterocycles. The minimum absolute atomic E-state index is 0. The molecule has 0 amide bonds. The van der Waals surface area contributed by atoms with Gasteiger partial charge < -0.3 is 20.3 Å². The zero-order valence-electron chi connectivity index (χ0n) is 14.5. The molecule has 0 saturated carbocycles. The van der Waals surface area contributed by atoms with Gasteiger partial charge in [0.2, 0.25) is 0 Å². The van der Waals surface area contributed by atoms with Gasteiger partial charge in [-0.3, -0.25) is 9.69 Å². The first kappa shape index (κ1) is 24.8. The number of nitrogens with zero attached hydrogens (tertiary/aromatic N) is 2. The summed E-state index contributed by atoms with van der Waals surface area (Å²) in [5, 5.41) is 29.5. The van der Waals surface area contributed by atoms with E-state index < -0.39 is 12.0 Å². The summed E-state index contributed by atoms with van der Waals surface area (Å²) in [5.74, 6) is -1.03. The summed E-state index contributed by atoms with van der Waals surface area (Å²) in [7, 11) is 0. The number of unbranched alkanes of at least 4 members (excludes halogenated alkanes) is 3. The third-order valence-electron chi connectivity index (χ3n) is 3.48. The first-order chi connectivity index (χ1) is 10.5. The Morgan fingerprint density at radius 1 is 1.30 bits per heavy atom. The molecule has 0 spiro atoms. The van der Waals surface area contributed by atoms with Gasteiger partial charge in [0.05, 0.1) is 6.54 Å². The molecular formula is C16H29N2NaO4. The molecule has 0 saturated heterocycles. The van der Waals surface area contributed by atoms with Crippen LogP contribution in [0, 0.1) is 0 Å². The Balaban J connectivity index is 0. The molecule has 0 fully saturated rings. The van der Waals surface area contributed by atoms with Crippen LogP contribution in [0.5, 0.6) is 0 Å². The Kier molecular flexibility index (Phi) is 17.8. The Labute approximate surface area is 161 Å².